The lowest BCUT2D eigenvalue weighted by molar-refractivity contribution is -0.384. The lowest BCUT2D eigenvalue weighted by Crippen LogP contribution is -2.40. The highest BCUT2D eigenvalue weighted by Gasteiger charge is 2.35. The lowest BCUT2D eigenvalue weighted by Gasteiger charge is -2.38. The second-order valence-electron chi connectivity index (χ2n) is 6.39. The van der Waals surface area contributed by atoms with Gasteiger partial charge in [0, 0.05) is 25.2 Å². The van der Waals surface area contributed by atoms with Crippen molar-refractivity contribution in [2.24, 2.45) is 0 Å². The Morgan fingerprint density at radius 1 is 1.23 bits per heavy atom. The molecule has 0 aliphatic carbocycles. The number of nitrogens with one attached hydrogen (secondary N) is 1. The van der Waals surface area contributed by atoms with Crippen molar-refractivity contribution < 1.29 is 18.8 Å². The van der Waals surface area contributed by atoms with Crippen LogP contribution in [0.4, 0.5) is 15.8 Å². The fourth-order valence-electron chi connectivity index (χ4n) is 3.34. The minimum atomic E-state index is -0.627. The van der Waals surface area contributed by atoms with Crippen LogP contribution in [-0.4, -0.2) is 31.8 Å². The van der Waals surface area contributed by atoms with Crippen molar-refractivity contribution in [3.8, 4) is 5.75 Å². The van der Waals surface area contributed by atoms with Crippen molar-refractivity contribution in [1.82, 2.24) is 0 Å². The fraction of sp³-hybridized carbons (Fsp3) is 0.368. The molecule has 0 amide bonds. The molecule has 0 aromatic heterocycles. The molecule has 1 fully saturated rings. The summed E-state index contributed by atoms with van der Waals surface area (Å²) in [5.41, 5.74) is 0.962. The number of hydrogen-bond donors (Lipinski definition) is 1. The van der Waals surface area contributed by atoms with Crippen LogP contribution in [-0.2, 0) is 10.2 Å². The number of methoxy groups -OCH3 is 1. The molecule has 26 heavy (non-hydrogen) atoms. The number of ether oxygens (including phenoxy) is 2. The standard InChI is InChI=1S/C19H21FN2O4/c1-25-16-5-2-14(3-6-16)19(8-10-26-11-9-19)13-21-17-7-4-15(20)12-18(17)22(23)24/h2-7,12,21H,8-11,13H2,1H3. The summed E-state index contributed by atoms with van der Waals surface area (Å²) in [7, 11) is 1.62. The molecule has 3 rings (SSSR count). The zero-order chi connectivity index (χ0) is 18.6. The van der Waals surface area contributed by atoms with Gasteiger partial charge in [-0.05, 0) is 42.7 Å². The highest BCUT2D eigenvalue weighted by molar-refractivity contribution is 5.61. The maximum absolute atomic E-state index is 13.4. The molecule has 2 aromatic carbocycles. The SMILES string of the molecule is COc1ccc(C2(CNc3ccc(F)cc3[N+](=O)[O-])CCOCC2)cc1. The third-order valence-electron chi connectivity index (χ3n) is 4.93. The van der Waals surface area contributed by atoms with Gasteiger partial charge in [0.15, 0.2) is 0 Å². The van der Waals surface area contributed by atoms with Crippen LogP contribution >= 0.6 is 0 Å². The van der Waals surface area contributed by atoms with Gasteiger partial charge in [-0.25, -0.2) is 4.39 Å². The minimum Gasteiger partial charge on any atom is -0.497 e. The van der Waals surface area contributed by atoms with E-state index in [0.717, 1.165) is 30.2 Å². The van der Waals surface area contributed by atoms with E-state index in [0.29, 0.717) is 25.4 Å². The third-order valence-corrected chi connectivity index (χ3v) is 4.93. The van der Waals surface area contributed by atoms with Gasteiger partial charge < -0.3 is 14.8 Å². The van der Waals surface area contributed by atoms with Crippen LogP contribution in [0.2, 0.25) is 0 Å². The van der Waals surface area contributed by atoms with Gasteiger partial charge in [-0.2, -0.15) is 0 Å². The van der Waals surface area contributed by atoms with Crippen molar-refractivity contribution in [3.05, 3.63) is 64.0 Å². The molecule has 0 spiro atoms. The van der Waals surface area contributed by atoms with Gasteiger partial charge in [-0.3, -0.25) is 10.1 Å². The van der Waals surface area contributed by atoms with Gasteiger partial charge in [0.05, 0.1) is 18.1 Å². The van der Waals surface area contributed by atoms with Gasteiger partial charge in [-0.1, -0.05) is 12.1 Å². The number of rotatable bonds is 6. The number of anilines is 1. The Balaban J connectivity index is 1.86. The van der Waals surface area contributed by atoms with Crippen LogP contribution in [0.3, 0.4) is 0 Å². The zero-order valence-corrected chi connectivity index (χ0v) is 14.5. The maximum Gasteiger partial charge on any atom is 0.295 e. The quantitative estimate of drug-likeness (QED) is 0.625. The molecule has 1 aliphatic heterocycles. The van der Waals surface area contributed by atoms with Crippen LogP contribution in [0.25, 0.3) is 0 Å². The molecular weight excluding hydrogens is 339 g/mol. The van der Waals surface area contributed by atoms with E-state index in [2.05, 4.69) is 5.32 Å². The second-order valence-corrected chi connectivity index (χ2v) is 6.39. The normalized spacial score (nSPS) is 16.1. The fourth-order valence-corrected chi connectivity index (χ4v) is 3.34. The summed E-state index contributed by atoms with van der Waals surface area (Å²) >= 11 is 0. The first-order valence-electron chi connectivity index (χ1n) is 8.44. The molecule has 7 heteroatoms. The lowest BCUT2D eigenvalue weighted by atomic mass is 9.74. The summed E-state index contributed by atoms with van der Waals surface area (Å²) in [5.74, 6) is 0.149. The van der Waals surface area contributed by atoms with Gasteiger partial charge in [-0.15, -0.1) is 0 Å². The highest BCUT2D eigenvalue weighted by atomic mass is 19.1. The topological polar surface area (TPSA) is 73.6 Å². The van der Waals surface area contributed by atoms with Crippen LogP contribution in [0, 0.1) is 15.9 Å². The van der Waals surface area contributed by atoms with E-state index in [-0.39, 0.29) is 11.1 Å². The van der Waals surface area contributed by atoms with E-state index in [9.17, 15) is 14.5 Å². The van der Waals surface area contributed by atoms with Gasteiger partial charge in [0.25, 0.3) is 5.69 Å². The molecule has 6 nitrogen and oxygen atoms in total. The Morgan fingerprint density at radius 2 is 1.92 bits per heavy atom. The predicted octanol–water partition coefficient (Wildman–Crippen LogP) is 3.90. The summed E-state index contributed by atoms with van der Waals surface area (Å²) in [4.78, 5) is 10.6. The van der Waals surface area contributed by atoms with Crippen molar-refractivity contribution in [3.63, 3.8) is 0 Å². The van der Waals surface area contributed by atoms with E-state index < -0.39 is 10.7 Å². The largest absolute Gasteiger partial charge is 0.497 e. The Morgan fingerprint density at radius 3 is 2.54 bits per heavy atom. The van der Waals surface area contributed by atoms with E-state index in [1.807, 2.05) is 24.3 Å². The van der Waals surface area contributed by atoms with Crippen LogP contribution in [0.5, 0.6) is 5.75 Å². The predicted molar refractivity (Wildman–Crippen MR) is 96.3 cm³/mol. The number of nitro groups is 1. The number of nitrogens with zero attached hydrogens (tertiary/aromatic N) is 1. The molecule has 1 N–H and O–H groups in total. The summed E-state index contributed by atoms with van der Waals surface area (Å²) in [6.07, 6.45) is 1.59. The highest BCUT2D eigenvalue weighted by Crippen LogP contribution is 2.37. The maximum atomic E-state index is 13.4. The molecule has 0 radical (unpaired) electrons. The Hall–Kier alpha value is -2.67. The minimum absolute atomic E-state index is 0.215. The summed E-state index contributed by atoms with van der Waals surface area (Å²) in [6.45, 7) is 1.74. The van der Waals surface area contributed by atoms with E-state index >= 15 is 0 Å². The number of benzene rings is 2. The van der Waals surface area contributed by atoms with Crippen molar-refractivity contribution >= 4 is 11.4 Å². The Kier molecular flexibility index (Phi) is 5.37. The summed E-state index contributed by atoms with van der Waals surface area (Å²) in [6, 6.07) is 11.4. The number of hydrogen-bond acceptors (Lipinski definition) is 5. The van der Waals surface area contributed by atoms with Crippen LogP contribution < -0.4 is 10.1 Å². The smallest absolute Gasteiger partial charge is 0.295 e. The Bertz CT molecular complexity index is 774. The summed E-state index contributed by atoms with van der Waals surface area (Å²) in [5, 5.41) is 14.4. The van der Waals surface area contributed by atoms with Gasteiger partial charge in [0.1, 0.15) is 17.3 Å². The number of halogens is 1. The monoisotopic (exact) mass is 360 g/mol. The van der Waals surface area contributed by atoms with E-state index in [4.69, 9.17) is 9.47 Å². The van der Waals surface area contributed by atoms with Crippen LogP contribution in [0.15, 0.2) is 42.5 Å². The average molecular weight is 360 g/mol. The molecule has 0 unspecified atom stereocenters. The van der Waals surface area contributed by atoms with Crippen LogP contribution in [0.1, 0.15) is 18.4 Å². The molecule has 138 valence electrons. The number of nitro benzene ring substituents is 1. The third kappa shape index (κ3) is 3.77. The van der Waals surface area contributed by atoms with Crippen molar-refractivity contribution in [2.75, 3.05) is 32.2 Å². The molecule has 1 aliphatic rings. The molecule has 1 saturated heterocycles. The van der Waals surface area contributed by atoms with E-state index in [1.54, 1.807) is 7.11 Å². The van der Waals surface area contributed by atoms with Gasteiger partial charge in [0.2, 0.25) is 0 Å². The Labute approximate surface area is 151 Å². The molecule has 1 heterocycles. The molecule has 0 saturated carbocycles. The molecule has 0 atom stereocenters. The zero-order valence-electron chi connectivity index (χ0n) is 14.5. The summed E-state index contributed by atoms with van der Waals surface area (Å²) < 4.78 is 24.1. The first-order valence-corrected chi connectivity index (χ1v) is 8.44. The van der Waals surface area contributed by atoms with Gasteiger partial charge >= 0.3 is 0 Å². The van der Waals surface area contributed by atoms with E-state index in [1.165, 1.54) is 12.1 Å². The van der Waals surface area contributed by atoms with Crippen molar-refractivity contribution in [2.45, 2.75) is 18.3 Å². The molecule has 2 aromatic rings. The molecule has 0 bridgehead atoms. The van der Waals surface area contributed by atoms with Crippen molar-refractivity contribution in [1.29, 1.82) is 0 Å². The first-order chi connectivity index (χ1) is 12.5. The average Bonchev–Trinajstić information content (AvgIpc) is 2.67. The second kappa shape index (κ2) is 7.70. The first kappa shape index (κ1) is 18.1. The molecular formula is C19H21FN2O4.